The number of hydrogen-bond acceptors (Lipinski definition) is 3. The molecule has 1 aromatic heterocycles. The van der Waals surface area contributed by atoms with Gasteiger partial charge in [-0.1, -0.05) is 13.8 Å². The van der Waals surface area contributed by atoms with Crippen molar-refractivity contribution in [1.82, 2.24) is 14.7 Å². The Labute approximate surface area is 139 Å². The van der Waals surface area contributed by atoms with E-state index in [1.54, 1.807) is 4.68 Å². The number of amides is 1. The van der Waals surface area contributed by atoms with Gasteiger partial charge in [0.05, 0.1) is 5.69 Å². The summed E-state index contributed by atoms with van der Waals surface area (Å²) in [6.07, 6.45) is 0.871. The van der Waals surface area contributed by atoms with Crippen LogP contribution in [0.25, 0.3) is 0 Å². The smallest absolute Gasteiger partial charge is 0.244 e. The fraction of sp³-hybridized carbons (Fsp3) is 0.714. The predicted molar refractivity (Wildman–Crippen MR) is 89.2 cm³/mol. The topological polar surface area (TPSA) is 64.2 Å². The van der Waals surface area contributed by atoms with E-state index in [2.05, 4.69) is 18.9 Å². The van der Waals surface area contributed by atoms with Gasteiger partial charge in [0.1, 0.15) is 6.54 Å². The predicted octanol–water partition coefficient (Wildman–Crippen LogP) is 1.93. The molecule has 1 fully saturated rings. The highest BCUT2D eigenvalue weighted by molar-refractivity contribution is 5.85. The molecular weight excluding hydrogens is 311 g/mol. The van der Waals surface area contributed by atoms with E-state index in [1.165, 1.54) is 0 Å². The SMILES string of the molecule is Cc1cc(C)n(CC(=O)N2CCC(N)C(C)(C)C2)n1.Cl.Cl. The van der Waals surface area contributed by atoms with Gasteiger partial charge in [-0.25, -0.2) is 0 Å². The molecule has 2 N–H and O–H groups in total. The van der Waals surface area contributed by atoms with Crippen molar-refractivity contribution in [3.8, 4) is 0 Å². The molecule has 1 saturated heterocycles. The summed E-state index contributed by atoms with van der Waals surface area (Å²) in [6.45, 7) is 9.97. The summed E-state index contributed by atoms with van der Waals surface area (Å²) in [5, 5.41) is 4.34. The van der Waals surface area contributed by atoms with E-state index in [9.17, 15) is 4.79 Å². The number of rotatable bonds is 2. The summed E-state index contributed by atoms with van der Waals surface area (Å²) < 4.78 is 1.78. The van der Waals surface area contributed by atoms with Crippen LogP contribution in [0.4, 0.5) is 0 Å². The van der Waals surface area contributed by atoms with Crippen LogP contribution < -0.4 is 5.73 Å². The number of piperidine rings is 1. The fourth-order valence-corrected chi connectivity index (χ4v) is 2.65. The van der Waals surface area contributed by atoms with Gasteiger partial charge in [0.2, 0.25) is 5.91 Å². The van der Waals surface area contributed by atoms with Gasteiger partial charge in [0.15, 0.2) is 0 Å². The Morgan fingerprint density at radius 1 is 1.43 bits per heavy atom. The summed E-state index contributed by atoms with van der Waals surface area (Å²) in [5.41, 5.74) is 8.07. The molecule has 1 aromatic rings. The lowest BCUT2D eigenvalue weighted by Gasteiger charge is -2.42. The Kier molecular flexibility index (Phi) is 7.20. The van der Waals surface area contributed by atoms with Crippen molar-refractivity contribution >= 4 is 30.7 Å². The standard InChI is InChI=1S/C14H24N4O.2ClH/c1-10-7-11(2)18(16-10)8-13(19)17-6-5-12(15)14(3,4)9-17;;/h7,12H,5-6,8-9,15H2,1-4H3;2*1H. The van der Waals surface area contributed by atoms with Crippen molar-refractivity contribution in [3.63, 3.8) is 0 Å². The van der Waals surface area contributed by atoms with Crippen molar-refractivity contribution < 1.29 is 4.79 Å². The average molecular weight is 337 g/mol. The minimum absolute atomic E-state index is 0. The van der Waals surface area contributed by atoms with Crippen molar-refractivity contribution in [2.75, 3.05) is 13.1 Å². The molecule has 0 aromatic carbocycles. The van der Waals surface area contributed by atoms with Gasteiger partial charge >= 0.3 is 0 Å². The van der Waals surface area contributed by atoms with Crippen molar-refractivity contribution in [3.05, 3.63) is 17.5 Å². The molecule has 1 amide bonds. The average Bonchev–Trinajstić information content (AvgIpc) is 2.61. The normalized spacial score (nSPS) is 20.4. The molecule has 1 atom stereocenters. The summed E-state index contributed by atoms with van der Waals surface area (Å²) in [6, 6.07) is 2.16. The summed E-state index contributed by atoms with van der Waals surface area (Å²) in [7, 11) is 0. The zero-order valence-electron chi connectivity index (χ0n) is 13.1. The van der Waals surface area contributed by atoms with Gasteiger partial charge in [0, 0.05) is 24.8 Å². The van der Waals surface area contributed by atoms with E-state index in [-0.39, 0.29) is 42.2 Å². The molecule has 7 heteroatoms. The second-order valence-electron chi connectivity index (χ2n) is 6.28. The molecule has 2 rings (SSSR count). The number of nitrogens with two attached hydrogens (primary N) is 1. The Hall–Kier alpha value is -0.780. The van der Waals surface area contributed by atoms with Crippen LogP contribution in [0, 0.1) is 19.3 Å². The number of carbonyl (C=O) groups excluding carboxylic acids is 1. The number of hydrogen-bond donors (Lipinski definition) is 1. The van der Waals surface area contributed by atoms with Crippen LogP contribution in [-0.2, 0) is 11.3 Å². The number of nitrogens with zero attached hydrogens (tertiary/aromatic N) is 3. The molecule has 1 aliphatic heterocycles. The highest BCUT2D eigenvalue weighted by Crippen LogP contribution is 2.27. The molecule has 1 aliphatic rings. The molecule has 2 heterocycles. The molecule has 122 valence electrons. The van der Waals surface area contributed by atoms with Crippen LogP contribution in [0.2, 0.25) is 0 Å². The zero-order valence-corrected chi connectivity index (χ0v) is 14.8. The minimum atomic E-state index is -0.0109. The summed E-state index contributed by atoms with van der Waals surface area (Å²) >= 11 is 0. The molecular formula is C14H26Cl2N4O. The van der Waals surface area contributed by atoms with Gasteiger partial charge in [-0.05, 0) is 31.7 Å². The highest BCUT2D eigenvalue weighted by atomic mass is 35.5. The van der Waals surface area contributed by atoms with E-state index >= 15 is 0 Å². The van der Waals surface area contributed by atoms with Gasteiger partial charge in [-0.3, -0.25) is 9.48 Å². The summed E-state index contributed by atoms with van der Waals surface area (Å²) in [5.74, 6) is 0.131. The molecule has 0 aliphatic carbocycles. The fourth-order valence-electron chi connectivity index (χ4n) is 2.65. The second kappa shape index (κ2) is 7.47. The second-order valence-corrected chi connectivity index (χ2v) is 6.28. The van der Waals surface area contributed by atoms with Crippen LogP contribution in [0.5, 0.6) is 0 Å². The molecule has 0 spiro atoms. The Morgan fingerprint density at radius 2 is 2.05 bits per heavy atom. The lowest BCUT2D eigenvalue weighted by Crippen LogP contribution is -2.54. The first-order valence-corrected chi connectivity index (χ1v) is 6.84. The number of likely N-dealkylation sites (tertiary alicyclic amines) is 1. The van der Waals surface area contributed by atoms with Crippen LogP contribution in [0.15, 0.2) is 6.07 Å². The first-order chi connectivity index (χ1) is 8.79. The van der Waals surface area contributed by atoms with Crippen molar-refractivity contribution in [2.45, 2.75) is 46.7 Å². The quantitative estimate of drug-likeness (QED) is 0.897. The van der Waals surface area contributed by atoms with E-state index in [0.29, 0.717) is 6.54 Å². The lowest BCUT2D eigenvalue weighted by atomic mass is 9.79. The van der Waals surface area contributed by atoms with E-state index in [0.717, 1.165) is 30.9 Å². The lowest BCUT2D eigenvalue weighted by molar-refractivity contribution is -0.135. The molecule has 1 unspecified atom stereocenters. The third kappa shape index (κ3) is 4.59. The maximum Gasteiger partial charge on any atom is 0.244 e. The molecule has 0 radical (unpaired) electrons. The van der Waals surface area contributed by atoms with E-state index in [1.807, 2.05) is 24.8 Å². The number of aromatic nitrogens is 2. The maximum absolute atomic E-state index is 12.3. The number of halogens is 2. The molecule has 5 nitrogen and oxygen atoms in total. The molecule has 21 heavy (non-hydrogen) atoms. The van der Waals surface area contributed by atoms with Crippen LogP contribution in [0.1, 0.15) is 31.7 Å². The Bertz CT molecular complexity index is 487. The van der Waals surface area contributed by atoms with Gasteiger partial charge < -0.3 is 10.6 Å². The third-order valence-electron chi connectivity index (χ3n) is 4.05. The minimum Gasteiger partial charge on any atom is -0.340 e. The largest absolute Gasteiger partial charge is 0.340 e. The van der Waals surface area contributed by atoms with Crippen LogP contribution >= 0.6 is 24.8 Å². The van der Waals surface area contributed by atoms with Gasteiger partial charge in [-0.15, -0.1) is 24.8 Å². The Balaban J connectivity index is 0.00000200. The first-order valence-electron chi connectivity index (χ1n) is 6.84. The van der Waals surface area contributed by atoms with E-state index < -0.39 is 0 Å². The zero-order chi connectivity index (χ0) is 14.2. The van der Waals surface area contributed by atoms with Crippen molar-refractivity contribution in [2.24, 2.45) is 11.1 Å². The van der Waals surface area contributed by atoms with E-state index in [4.69, 9.17) is 5.73 Å². The van der Waals surface area contributed by atoms with Crippen LogP contribution in [-0.4, -0.2) is 39.7 Å². The van der Waals surface area contributed by atoms with Gasteiger partial charge in [0.25, 0.3) is 0 Å². The summed E-state index contributed by atoms with van der Waals surface area (Å²) in [4.78, 5) is 14.3. The monoisotopic (exact) mass is 336 g/mol. The third-order valence-corrected chi connectivity index (χ3v) is 4.05. The van der Waals surface area contributed by atoms with Crippen LogP contribution in [0.3, 0.4) is 0 Å². The highest BCUT2D eigenvalue weighted by Gasteiger charge is 2.35. The molecule has 0 bridgehead atoms. The number of aryl methyl sites for hydroxylation is 2. The maximum atomic E-state index is 12.3. The van der Waals surface area contributed by atoms with Crippen molar-refractivity contribution in [1.29, 1.82) is 0 Å². The Morgan fingerprint density at radius 3 is 2.52 bits per heavy atom. The molecule has 0 saturated carbocycles. The van der Waals surface area contributed by atoms with Gasteiger partial charge in [-0.2, -0.15) is 5.10 Å². The number of carbonyl (C=O) groups is 1. The first kappa shape index (κ1) is 20.2.